The summed E-state index contributed by atoms with van der Waals surface area (Å²) in [5.41, 5.74) is -0.271. The molecule has 0 aliphatic rings. The average molecular weight is 309 g/mol. The number of rotatable bonds is 4. The maximum absolute atomic E-state index is 12.4. The Morgan fingerprint density at radius 2 is 1.55 bits per heavy atom. The second-order valence-electron chi connectivity index (χ2n) is 5.43. The highest BCUT2D eigenvalue weighted by Gasteiger charge is 2.30. The largest absolute Gasteiger partial charge is 0.416 e. The second-order valence-corrected chi connectivity index (χ2v) is 8.30. The molecule has 0 saturated carbocycles. The molecule has 1 rings (SSSR count). The third kappa shape index (κ3) is 4.40. The average Bonchev–Trinajstić information content (AvgIpc) is 2.26. The Hall–Kier alpha value is -1.24. The zero-order valence-electron chi connectivity index (χ0n) is 11.6. The number of anilines is 1. The van der Waals surface area contributed by atoms with Gasteiger partial charge in [0.05, 0.1) is 16.1 Å². The number of alkyl halides is 3. The molecule has 0 saturated heterocycles. The van der Waals surface area contributed by atoms with E-state index in [9.17, 15) is 21.6 Å². The van der Waals surface area contributed by atoms with Crippen LogP contribution in [0.15, 0.2) is 24.3 Å². The molecule has 0 unspecified atom stereocenters. The van der Waals surface area contributed by atoms with Crippen LogP contribution < -0.4 is 5.32 Å². The van der Waals surface area contributed by atoms with Crippen LogP contribution >= 0.6 is 0 Å². The number of nitrogens with one attached hydrogen (secondary N) is 1. The monoisotopic (exact) mass is 309 g/mol. The number of hydrogen-bond acceptors (Lipinski definition) is 3. The van der Waals surface area contributed by atoms with E-state index in [4.69, 9.17) is 0 Å². The summed E-state index contributed by atoms with van der Waals surface area (Å²) in [6.45, 7) is 4.99. The van der Waals surface area contributed by atoms with Crippen molar-refractivity contribution in [3.05, 3.63) is 29.8 Å². The van der Waals surface area contributed by atoms with Gasteiger partial charge in [-0.2, -0.15) is 13.2 Å². The van der Waals surface area contributed by atoms with Gasteiger partial charge in [-0.1, -0.05) is 0 Å². The number of halogens is 3. The van der Waals surface area contributed by atoms with Crippen LogP contribution in [-0.4, -0.2) is 25.5 Å². The second kappa shape index (κ2) is 5.63. The van der Waals surface area contributed by atoms with E-state index in [1.165, 1.54) is 12.1 Å². The van der Waals surface area contributed by atoms with Crippen molar-refractivity contribution in [3.8, 4) is 0 Å². The van der Waals surface area contributed by atoms with Gasteiger partial charge in [-0.05, 0) is 45.0 Å². The van der Waals surface area contributed by atoms with Gasteiger partial charge in [0.1, 0.15) is 0 Å². The highest BCUT2D eigenvalue weighted by Crippen LogP contribution is 2.29. The molecule has 0 aromatic heterocycles. The summed E-state index contributed by atoms with van der Waals surface area (Å²) in [7, 11) is -3.24. The number of sulfone groups is 1. The van der Waals surface area contributed by atoms with Crippen LogP contribution in [0.1, 0.15) is 26.3 Å². The van der Waals surface area contributed by atoms with Gasteiger partial charge in [-0.3, -0.25) is 0 Å². The van der Waals surface area contributed by atoms with Gasteiger partial charge in [-0.25, -0.2) is 8.42 Å². The van der Waals surface area contributed by atoms with Gasteiger partial charge in [0.15, 0.2) is 9.84 Å². The molecule has 0 atom stereocenters. The minimum absolute atomic E-state index is 0.0719. The lowest BCUT2D eigenvalue weighted by Crippen LogP contribution is -2.32. The van der Waals surface area contributed by atoms with Gasteiger partial charge >= 0.3 is 6.18 Å². The zero-order chi connectivity index (χ0) is 15.6. The topological polar surface area (TPSA) is 46.2 Å². The van der Waals surface area contributed by atoms with Gasteiger partial charge in [0, 0.05) is 12.2 Å². The van der Waals surface area contributed by atoms with Crippen LogP contribution in [0.25, 0.3) is 0 Å². The number of hydrogen-bond donors (Lipinski definition) is 1. The Morgan fingerprint density at radius 1 is 1.05 bits per heavy atom. The Balaban J connectivity index is 2.60. The van der Waals surface area contributed by atoms with E-state index in [1.807, 2.05) is 0 Å². The molecule has 0 aliphatic carbocycles. The molecular formula is C13H18F3NO2S. The zero-order valence-corrected chi connectivity index (χ0v) is 12.4. The maximum Gasteiger partial charge on any atom is 0.416 e. The van der Waals surface area contributed by atoms with Gasteiger partial charge < -0.3 is 5.32 Å². The fourth-order valence-corrected chi connectivity index (χ4v) is 2.40. The summed E-state index contributed by atoms with van der Waals surface area (Å²) in [5, 5.41) is 2.81. The maximum atomic E-state index is 12.4. The third-order valence-electron chi connectivity index (χ3n) is 2.85. The van der Waals surface area contributed by atoms with Gasteiger partial charge in [0.2, 0.25) is 0 Å². The van der Waals surface area contributed by atoms with Gasteiger partial charge in [0.25, 0.3) is 0 Å². The van der Waals surface area contributed by atoms with E-state index < -0.39 is 26.3 Å². The van der Waals surface area contributed by atoms with Crippen LogP contribution in [0.4, 0.5) is 18.9 Å². The SMILES string of the molecule is CC(C)(C)S(=O)(=O)CCNc1ccc(C(F)(F)F)cc1. The van der Waals surface area contributed by atoms with Crippen molar-refractivity contribution in [3.63, 3.8) is 0 Å². The van der Waals surface area contributed by atoms with Crippen LogP contribution in [-0.2, 0) is 16.0 Å². The summed E-state index contributed by atoms with van der Waals surface area (Å²) in [5.74, 6) is -0.0719. The van der Waals surface area contributed by atoms with Crippen LogP contribution in [0.3, 0.4) is 0 Å². The Bertz CT molecular complexity index is 542. The standard InChI is InChI=1S/C13H18F3NO2S/c1-12(2,3)20(18,19)9-8-17-11-6-4-10(5-7-11)13(14,15)16/h4-7,17H,8-9H2,1-3H3. The minimum Gasteiger partial charge on any atom is -0.384 e. The highest BCUT2D eigenvalue weighted by atomic mass is 32.2. The fourth-order valence-electron chi connectivity index (χ4n) is 1.41. The molecule has 1 aromatic rings. The first-order chi connectivity index (χ1) is 8.93. The molecule has 1 aromatic carbocycles. The van der Waals surface area contributed by atoms with E-state index >= 15 is 0 Å². The van der Waals surface area contributed by atoms with Crippen molar-refractivity contribution in [1.29, 1.82) is 0 Å². The third-order valence-corrected chi connectivity index (χ3v) is 5.45. The van der Waals surface area contributed by atoms with Crippen molar-refractivity contribution < 1.29 is 21.6 Å². The lowest BCUT2D eigenvalue weighted by Gasteiger charge is -2.19. The summed E-state index contributed by atoms with van der Waals surface area (Å²) in [6.07, 6.45) is -4.37. The van der Waals surface area contributed by atoms with E-state index in [2.05, 4.69) is 5.32 Å². The lowest BCUT2D eigenvalue weighted by atomic mass is 10.2. The first-order valence-electron chi connectivity index (χ1n) is 6.07. The number of benzene rings is 1. The van der Waals surface area contributed by atoms with Crippen molar-refractivity contribution in [2.45, 2.75) is 31.7 Å². The summed E-state index contributed by atoms with van der Waals surface area (Å²) in [4.78, 5) is 0. The molecule has 7 heteroatoms. The molecule has 3 nitrogen and oxygen atoms in total. The highest BCUT2D eigenvalue weighted by molar-refractivity contribution is 7.92. The first kappa shape index (κ1) is 16.8. The van der Waals surface area contributed by atoms with Gasteiger partial charge in [-0.15, -0.1) is 0 Å². The molecule has 1 N–H and O–H groups in total. The molecule has 0 spiro atoms. The molecule has 0 bridgehead atoms. The predicted molar refractivity (Wildman–Crippen MR) is 73.5 cm³/mol. The first-order valence-corrected chi connectivity index (χ1v) is 7.72. The molecule has 0 heterocycles. The Kier molecular flexibility index (Phi) is 4.74. The Labute approximate surface area is 117 Å². The molecule has 0 fully saturated rings. The Morgan fingerprint density at radius 3 is 1.95 bits per heavy atom. The molecule has 20 heavy (non-hydrogen) atoms. The van der Waals surface area contributed by atoms with Crippen molar-refractivity contribution in [2.24, 2.45) is 0 Å². The normalized spacial score (nSPS) is 13.3. The van der Waals surface area contributed by atoms with Crippen LogP contribution in [0.2, 0.25) is 0 Å². The molecule has 0 aliphatic heterocycles. The van der Waals surface area contributed by atoms with E-state index in [1.54, 1.807) is 20.8 Å². The van der Waals surface area contributed by atoms with E-state index in [0.29, 0.717) is 5.69 Å². The molecule has 0 amide bonds. The lowest BCUT2D eigenvalue weighted by molar-refractivity contribution is -0.137. The summed E-state index contributed by atoms with van der Waals surface area (Å²) < 4.78 is 59.9. The molecule has 114 valence electrons. The van der Waals surface area contributed by atoms with Crippen molar-refractivity contribution >= 4 is 15.5 Å². The summed E-state index contributed by atoms with van der Waals surface area (Å²) >= 11 is 0. The van der Waals surface area contributed by atoms with Crippen molar-refractivity contribution in [2.75, 3.05) is 17.6 Å². The molecular weight excluding hydrogens is 291 g/mol. The van der Waals surface area contributed by atoms with Crippen LogP contribution in [0, 0.1) is 0 Å². The molecule has 0 radical (unpaired) electrons. The van der Waals surface area contributed by atoms with E-state index in [-0.39, 0.29) is 12.3 Å². The van der Waals surface area contributed by atoms with Crippen LogP contribution in [0.5, 0.6) is 0 Å². The van der Waals surface area contributed by atoms with Crippen molar-refractivity contribution in [1.82, 2.24) is 0 Å². The smallest absolute Gasteiger partial charge is 0.384 e. The fraction of sp³-hybridized carbons (Fsp3) is 0.538. The predicted octanol–water partition coefficient (Wildman–Crippen LogP) is 3.33. The minimum atomic E-state index is -4.37. The summed E-state index contributed by atoms with van der Waals surface area (Å²) in [6, 6.07) is 4.49. The quantitative estimate of drug-likeness (QED) is 0.928. The van der Waals surface area contributed by atoms with E-state index in [0.717, 1.165) is 12.1 Å².